The Morgan fingerprint density at radius 1 is 1.26 bits per heavy atom. The van der Waals surface area contributed by atoms with Crippen LogP contribution in [0.5, 0.6) is 5.75 Å². The minimum atomic E-state index is -0.725. The number of carbonyl (C=O) groups is 1. The number of nitriles is 2. The molecule has 1 unspecified atom stereocenters. The Kier molecular flexibility index (Phi) is 7.40. The SMILES string of the molecule is C=CCOc1ccc(-c2c(C#N)c(N)nc(SC(C(=O)C(C)(C)C)n3ccnc3)c2C#N)cc1. The van der Waals surface area contributed by atoms with E-state index in [1.807, 2.05) is 20.8 Å². The van der Waals surface area contributed by atoms with Crippen molar-refractivity contribution in [3.63, 3.8) is 0 Å². The molecule has 2 aromatic heterocycles. The molecule has 0 bridgehead atoms. The number of nitrogen functional groups attached to an aromatic ring is 1. The van der Waals surface area contributed by atoms with Gasteiger partial charge in [0.05, 0.1) is 11.9 Å². The normalized spacial score (nSPS) is 11.8. The van der Waals surface area contributed by atoms with Gasteiger partial charge in [-0.15, -0.1) is 0 Å². The van der Waals surface area contributed by atoms with Gasteiger partial charge in [-0.25, -0.2) is 9.97 Å². The van der Waals surface area contributed by atoms with Crippen LogP contribution < -0.4 is 10.5 Å². The number of ether oxygens (including phenoxy) is 1. The Balaban J connectivity index is 2.15. The van der Waals surface area contributed by atoms with Gasteiger partial charge in [-0.1, -0.05) is 57.3 Å². The van der Waals surface area contributed by atoms with Gasteiger partial charge < -0.3 is 15.0 Å². The lowest BCUT2D eigenvalue weighted by molar-refractivity contribution is -0.127. The van der Waals surface area contributed by atoms with E-state index in [9.17, 15) is 15.3 Å². The number of carbonyl (C=O) groups excluding carboxylic acids is 1. The second-order valence-electron chi connectivity index (χ2n) is 8.37. The van der Waals surface area contributed by atoms with Crippen LogP contribution in [0.2, 0.25) is 0 Å². The second kappa shape index (κ2) is 10.2. The quantitative estimate of drug-likeness (QED) is 0.367. The zero-order valence-electron chi connectivity index (χ0n) is 19.1. The molecule has 3 aromatic rings. The summed E-state index contributed by atoms with van der Waals surface area (Å²) in [6.45, 7) is 9.46. The predicted octanol–water partition coefficient (Wildman–Crippen LogP) is 4.74. The first-order chi connectivity index (χ1) is 16.2. The zero-order chi connectivity index (χ0) is 24.9. The number of Topliss-reactive ketones (excluding diaryl/α,β-unsaturated/α-hetero) is 1. The first-order valence-electron chi connectivity index (χ1n) is 10.4. The molecule has 0 amide bonds. The van der Waals surface area contributed by atoms with E-state index in [0.717, 1.165) is 11.8 Å². The number of hydrogen-bond donors (Lipinski definition) is 1. The van der Waals surface area contributed by atoms with Gasteiger partial charge in [-0.2, -0.15) is 10.5 Å². The molecule has 0 aliphatic carbocycles. The molecule has 0 aliphatic rings. The van der Waals surface area contributed by atoms with Crippen molar-refractivity contribution in [2.45, 2.75) is 31.2 Å². The van der Waals surface area contributed by atoms with Gasteiger partial charge in [-0.05, 0) is 17.7 Å². The molecule has 2 heterocycles. The summed E-state index contributed by atoms with van der Waals surface area (Å²) in [5.74, 6) is 0.529. The highest BCUT2D eigenvalue weighted by Gasteiger charge is 2.33. The number of nitrogens with zero attached hydrogens (tertiary/aromatic N) is 5. The highest BCUT2D eigenvalue weighted by Crippen LogP contribution is 2.42. The van der Waals surface area contributed by atoms with Crippen LogP contribution in [0.15, 0.2) is 60.7 Å². The van der Waals surface area contributed by atoms with Crippen molar-refractivity contribution in [3.8, 4) is 29.0 Å². The van der Waals surface area contributed by atoms with Crippen molar-refractivity contribution in [3.05, 3.63) is 66.8 Å². The number of rotatable bonds is 8. The summed E-state index contributed by atoms with van der Waals surface area (Å²) < 4.78 is 7.19. The Labute approximate surface area is 202 Å². The van der Waals surface area contributed by atoms with Crippen LogP contribution in [-0.4, -0.2) is 26.9 Å². The molecule has 1 atom stereocenters. The maximum Gasteiger partial charge on any atom is 0.171 e. The van der Waals surface area contributed by atoms with E-state index < -0.39 is 10.8 Å². The number of imidazole rings is 1. The largest absolute Gasteiger partial charge is 0.490 e. The van der Waals surface area contributed by atoms with Crippen molar-refractivity contribution in [2.24, 2.45) is 5.41 Å². The smallest absolute Gasteiger partial charge is 0.171 e. The summed E-state index contributed by atoms with van der Waals surface area (Å²) in [4.78, 5) is 21.7. The van der Waals surface area contributed by atoms with Crippen molar-refractivity contribution in [1.29, 1.82) is 10.5 Å². The van der Waals surface area contributed by atoms with E-state index >= 15 is 0 Å². The summed E-state index contributed by atoms with van der Waals surface area (Å²) >= 11 is 1.10. The van der Waals surface area contributed by atoms with Gasteiger partial charge in [0.1, 0.15) is 46.3 Å². The first kappa shape index (κ1) is 24.6. The molecule has 9 heteroatoms. The average Bonchev–Trinajstić information content (AvgIpc) is 3.34. The van der Waals surface area contributed by atoms with Crippen LogP contribution >= 0.6 is 11.8 Å². The number of ketones is 1. The van der Waals surface area contributed by atoms with E-state index in [4.69, 9.17) is 10.5 Å². The predicted molar refractivity (Wildman–Crippen MR) is 131 cm³/mol. The molecule has 0 fully saturated rings. The fourth-order valence-corrected chi connectivity index (χ4v) is 4.51. The lowest BCUT2D eigenvalue weighted by Crippen LogP contribution is -2.28. The van der Waals surface area contributed by atoms with Crippen molar-refractivity contribution in [2.75, 3.05) is 12.3 Å². The number of aromatic nitrogens is 3. The molecule has 0 spiro atoms. The van der Waals surface area contributed by atoms with Crippen LogP contribution in [0.4, 0.5) is 5.82 Å². The molecule has 34 heavy (non-hydrogen) atoms. The van der Waals surface area contributed by atoms with Gasteiger partial charge in [0.2, 0.25) is 0 Å². The summed E-state index contributed by atoms with van der Waals surface area (Å²) in [7, 11) is 0. The Hall–Kier alpha value is -4.08. The Bertz CT molecular complexity index is 1280. The number of pyridine rings is 1. The van der Waals surface area contributed by atoms with E-state index in [1.54, 1.807) is 53.6 Å². The number of thioether (sulfide) groups is 1. The molecule has 1 aromatic carbocycles. The van der Waals surface area contributed by atoms with E-state index in [1.165, 1.54) is 0 Å². The number of hydrogen-bond acceptors (Lipinski definition) is 8. The van der Waals surface area contributed by atoms with Crippen LogP contribution in [0.25, 0.3) is 11.1 Å². The van der Waals surface area contributed by atoms with Gasteiger partial charge in [-0.3, -0.25) is 4.79 Å². The third kappa shape index (κ3) is 5.11. The van der Waals surface area contributed by atoms with Gasteiger partial charge in [0.25, 0.3) is 0 Å². The molecule has 2 N–H and O–H groups in total. The summed E-state index contributed by atoms with van der Waals surface area (Å²) in [6.07, 6.45) is 6.45. The fraction of sp³-hybridized carbons (Fsp3) is 0.240. The topological polar surface area (TPSA) is 131 Å². The van der Waals surface area contributed by atoms with E-state index in [0.29, 0.717) is 23.5 Å². The van der Waals surface area contributed by atoms with E-state index in [-0.39, 0.29) is 27.8 Å². The monoisotopic (exact) mass is 472 g/mol. The van der Waals surface area contributed by atoms with Gasteiger partial charge in [0, 0.05) is 23.4 Å². The highest BCUT2D eigenvalue weighted by molar-refractivity contribution is 8.00. The third-order valence-corrected chi connectivity index (χ3v) is 6.11. The maximum absolute atomic E-state index is 13.3. The molecule has 0 aliphatic heterocycles. The molecular formula is C25H24N6O2S. The van der Waals surface area contributed by atoms with Crippen molar-refractivity contribution >= 4 is 23.4 Å². The third-order valence-electron chi connectivity index (χ3n) is 4.91. The Morgan fingerprint density at radius 3 is 2.47 bits per heavy atom. The lowest BCUT2D eigenvalue weighted by Gasteiger charge is -2.25. The molecular weight excluding hydrogens is 448 g/mol. The van der Waals surface area contributed by atoms with Crippen LogP contribution in [0, 0.1) is 28.1 Å². The van der Waals surface area contributed by atoms with Gasteiger partial charge >= 0.3 is 0 Å². The molecule has 172 valence electrons. The molecule has 0 saturated carbocycles. The number of anilines is 1. The van der Waals surface area contributed by atoms with Gasteiger partial charge in [0.15, 0.2) is 5.78 Å². The fourth-order valence-electron chi connectivity index (χ4n) is 3.18. The molecule has 0 saturated heterocycles. The summed E-state index contributed by atoms with van der Waals surface area (Å²) in [6, 6.07) is 11.2. The standard InChI is InChI=1S/C25H24N6O2S/c1-5-12-33-17-8-6-16(7-9-17)20-18(13-26)22(28)30-23(19(20)14-27)34-24(21(32)25(2,3)4)31-11-10-29-15-31/h5-11,15,24H,1,12H2,2-4H3,(H2,28,30). The second-order valence-corrected chi connectivity index (χ2v) is 9.44. The van der Waals surface area contributed by atoms with Crippen LogP contribution in [0.3, 0.4) is 0 Å². The number of benzene rings is 1. The summed E-state index contributed by atoms with van der Waals surface area (Å²) in [5.41, 5.74) is 6.73. The number of nitrogens with two attached hydrogens (primary N) is 1. The molecule has 8 nitrogen and oxygen atoms in total. The zero-order valence-corrected chi connectivity index (χ0v) is 20.0. The minimum Gasteiger partial charge on any atom is -0.490 e. The van der Waals surface area contributed by atoms with E-state index in [2.05, 4.69) is 28.7 Å². The van der Waals surface area contributed by atoms with Crippen LogP contribution in [-0.2, 0) is 4.79 Å². The molecule has 3 rings (SSSR count). The molecule has 0 radical (unpaired) electrons. The minimum absolute atomic E-state index is 0.0152. The lowest BCUT2D eigenvalue weighted by atomic mass is 9.90. The van der Waals surface area contributed by atoms with Crippen molar-refractivity contribution < 1.29 is 9.53 Å². The van der Waals surface area contributed by atoms with Crippen LogP contribution in [0.1, 0.15) is 37.3 Å². The first-order valence-corrected chi connectivity index (χ1v) is 11.3. The Morgan fingerprint density at radius 2 is 1.94 bits per heavy atom. The van der Waals surface area contributed by atoms with Crippen molar-refractivity contribution in [1.82, 2.24) is 14.5 Å². The summed E-state index contributed by atoms with van der Waals surface area (Å²) in [5, 5.41) is 19.4. The average molecular weight is 473 g/mol. The maximum atomic E-state index is 13.3. The highest BCUT2D eigenvalue weighted by atomic mass is 32.2.